The average Bonchev–Trinajstić information content (AvgIpc) is 3.23. The summed E-state index contributed by atoms with van der Waals surface area (Å²) in [6.07, 6.45) is 0. The summed E-state index contributed by atoms with van der Waals surface area (Å²) in [5.74, 6) is 0.803. The maximum absolute atomic E-state index is 12.6. The van der Waals surface area contributed by atoms with Gasteiger partial charge in [-0.2, -0.15) is 0 Å². The number of rotatable bonds is 5. The van der Waals surface area contributed by atoms with Crippen molar-refractivity contribution in [1.29, 1.82) is 0 Å². The van der Waals surface area contributed by atoms with Crippen LogP contribution in [0.1, 0.15) is 10.4 Å². The molecular formula is C23H19N3O5S. The van der Waals surface area contributed by atoms with Crippen molar-refractivity contribution in [2.45, 2.75) is 0 Å². The number of aromatic hydroxyl groups is 1. The van der Waals surface area contributed by atoms with Gasteiger partial charge in [0.15, 0.2) is 22.2 Å². The number of nitrogens with zero attached hydrogens (tertiary/aromatic N) is 1. The zero-order valence-electron chi connectivity index (χ0n) is 17.2. The van der Waals surface area contributed by atoms with Crippen LogP contribution in [0.2, 0.25) is 0 Å². The summed E-state index contributed by atoms with van der Waals surface area (Å²) in [4.78, 5) is 17.0. The predicted molar refractivity (Wildman–Crippen MR) is 124 cm³/mol. The number of amides is 1. The summed E-state index contributed by atoms with van der Waals surface area (Å²) >= 11 is 5.27. The summed E-state index contributed by atoms with van der Waals surface area (Å²) in [6.45, 7) is 0. The van der Waals surface area contributed by atoms with E-state index in [4.69, 9.17) is 26.1 Å². The molecule has 4 rings (SSSR count). The molecule has 3 aromatic carbocycles. The highest BCUT2D eigenvalue weighted by atomic mass is 32.1. The van der Waals surface area contributed by atoms with Crippen LogP contribution in [0.15, 0.2) is 65.1 Å². The van der Waals surface area contributed by atoms with E-state index in [1.807, 2.05) is 18.2 Å². The third-order valence-corrected chi connectivity index (χ3v) is 4.86. The third-order valence-electron chi connectivity index (χ3n) is 4.65. The minimum atomic E-state index is -0.415. The summed E-state index contributed by atoms with van der Waals surface area (Å²) in [5.41, 5.74) is 2.57. The first-order valence-corrected chi connectivity index (χ1v) is 9.92. The summed E-state index contributed by atoms with van der Waals surface area (Å²) < 4.78 is 16.1. The summed E-state index contributed by atoms with van der Waals surface area (Å²) in [7, 11) is 3.01. The lowest BCUT2D eigenvalue weighted by Crippen LogP contribution is -2.34. The highest BCUT2D eigenvalue weighted by Crippen LogP contribution is 2.33. The number of thiocarbonyl (C=S) groups is 1. The molecule has 162 valence electrons. The molecule has 0 saturated heterocycles. The van der Waals surface area contributed by atoms with Gasteiger partial charge in [-0.15, -0.1) is 0 Å². The van der Waals surface area contributed by atoms with Crippen LogP contribution in [0, 0.1) is 0 Å². The Balaban J connectivity index is 1.50. The van der Waals surface area contributed by atoms with Gasteiger partial charge in [-0.1, -0.05) is 12.1 Å². The second-order valence-electron chi connectivity index (χ2n) is 6.70. The fraction of sp³-hybridized carbons (Fsp3) is 0.0870. The number of fused-ring (bicyclic) bond motifs is 1. The number of phenolic OH excluding ortho intramolecular Hbond substituents is 1. The molecule has 9 heteroatoms. The van der Waals surface area contributed by atoms with Crippen LogP contribution in [-0.2, 0) is 0 Å². The van der Waals surface area contributed by atoms with Crippen molar-refractivity contribution in [2.75, 3.05) is 19.5 Å². The number of para-hydroxylation sites is 2. The second kappa shape index (κ2) is 8.94. The Kier molecular flexibility index (Phi) is 5.91. The van der Waals surface area contributed by atoms with Crippen LogP contribution in [0.3, 0.4) is 0 Å². The number of hydrogen-bond acceptors (Lipinski definition) is 7. The number of methoxy groups -OCH3 is 2. The number of phenols is 1. The van der Waals surface area contributed by atoms with Crippen molar-refractivity contribution in [3.63, 3.8) is 0 Å². The van der Waals surface area contributed by atoms with Gasteiger partial charge in [0.25, 0.3) is 5.91 Å². The molecule has 0 radical (unpaired) electrons. The van der Waals surface area contributed by atoms with Gasteiger partial charge in [-0.3, -0.25) is 10.1 Å². The lowest BCUT2D eigenvalue weighted by Gasteiger charge is -2.12. The first-order chi connectivity index (χ1) is 15.5. The Morgan fingerprint density at radius 2 is 1.81 bits per heavy atom. The van der Waals surface area contributed by atoms with Crippen molar-refractivity contribution in [3.8, 4) is 28.7 Å². The Labute approximate surface area is 188 Å². The SMILES string of the molecule is COc1ccc(C(=O)NC(=S)Nc2ccc(O)c(-c3nc4ccccc4o3)c2)cc1OC. The minimum absolute atomic E-state index is 0.00221. The van der Waals surface area contributed by atoms with Crippen LogP contribution >= 0.6 is 12.2 Å². The maximum Gasteiger partial charge on any atom is 0.257 e. The third kappa shape index (κ3) is 4.33. The molecule has 1 heterocycles. The van der Waals surface area contributed by atoms with Crippen LogP contribution in [-0.4, -0.2) is 35.3 Å². The van der Waals surface area contributed by atoms with Gasteiger partial charge in [-0.25, -0.2) is 4.98 Å². The molecule has 1 aromatic heterocycles. The molecule has 3 N–H and O–H groups in total. The number of aromatic nitrogens is 1. The zero-order valence-corrected chi connectivity index (χ0v) is 18.0. The van der Waals surface area contributed by atoms with Gasteiger partial charge in [-0.05, 0) is 60.7 Å². The standard InChI is InChI=1S/C23H19N3O5S/c1-29-19-10-7-13(11-20(19)30-2)21(28)26-23(32)24-14-8-9-17(27)15(12-14)22-25-16-5-3-4-6-18(16)31-22/h3-12,27H,1-2H3,(H2,24,26,28,32). The van der Waals surface area contributed by atoms with Crippen molar-refractivity contribution < 1.29 is 23.8 Å². The smallest absolute Gasteiger partial charge is 0.257 e. The van der Waals surface area contributed by atoms with Gasteiger partial charge in [0.1, 0.15) is 11.3 Å². The molecule has 0 aliphatic heterocycles. The van der Waals surface area contributed by atoms with Crippen molar-refractivity contribution in [3.05, 3.63) is 66.2 Å². The van der Waals surface area contributed by atoms with E-state index in [1.54, 1.807) is 36.4 Å². The van der Waals surface area contributed by atoms with E-state index in [9.17, 15) is 9.90 Å². The highest BCUT2D eigenvalue weighted by molar-refractivity contribution is 7.80. The number of benzene rings is 3. The first-order valence-electron chi connectivity index (χ1n) is 9.52. The minimum Gasteiger partial charge on any atom is -0.507 e. The van der Waals surface area contributed by atoms with Crippen LogP contribution in [0.25, 0.3) is 22.6 Å². The molecule has 0 saturated carbocycles. The molecule has 1 amide bonds. The molecule has 0 aliphatic rings. The fourth-order valence-corrected chi connectivity index (χ4v) is 3.30. The van der Waals surface area contributed by atoms with E-state index in [0.717, 1.165) is 0 Å². The summed E-state index contributed by atoms with van der Waals surface area (Å²) in [6, 6.07) is 16.9. The van der Waals surface area contributed by atoms with Gasteiger partial charge in [0, 0.05) is 11.3 Å². The number of ether oxygens (including phenoxy) is 2. The van der Waals surface area contributed by atoms with Gasteiger partial charge >= 0.3 is 0 Å². The normalized spacial score (nSPS) is 10.6. The Morgan fingerprint density at radius 3 is 2.56 bits per heavy atom. The molecule has 32 heavy (non-hydrogen) atoms. The number of nitrogens with one attached hydrogen (secondary N) is 2. The maximum atomic E-state index is 12.6. The molecule has 8 nitrogen and oxygen atoms in total. The van der Waals surface area contributed by atoms with Gasteiger partial charge in [0.2, 0.25) is 5.89 Å². The van der Waals surface area contributed by atoms with Crippen molar-refractivity contribution >= 4 is 40.0 Å². The van der Waals surface area contributed by atoms with E-state index in [0.29, 0.717) is 39.4 Å². The molecule has 0 spiro atoms. The van der Waals surface area contributed by atoms with E-state index >= 15 is 0 Å². The second-order valence-corrected chi connectivity index (χ2v) is 7.10. The van der Waals surface area contributed by atoms with E-state index in [-0.39, 0.29) is 16.8 Å². The van der Waals surface area contributed by atoms with E-state index in [1.165, 1.54) is 20.3 Å². The molecular weight excluding hydrogens is 430 g/mol. The van der Waals surface area contributed by atoms with Gasteiger partial charge in [0.05, 0.1) is 19.8 Å². The quantitative estimate of drug-likeness (QED) is 0.305. The molecule has 0 atom stereocenters. The predicted octanol–water partition coefficient (Wildman–Crippen LogP) is 4.34. The first kappa shape index (κ1) is 21.1. The Bertz CT molecular complexity index is 1290. The Morgan fingerprint density at radius 1 is 1.03 bits per heavy atom. The zero-order chi connectivity index (χ0) is 22.7. The van der Waals surface area contributed by atoms with Crippen LogP contribution < -0.4 is 20.1 Å². The number of carbonyl (C=O) groups is 1. The lowest BCUT2D eigenvalue weighted by atomic mass is 10.1. The molecule has 4 aromatic rings. The van der Waals surface area contributed by atoms with Gasteiger partial charge < -0.3 is 24.3 Å². The molecule has 0 bridgehead atoms. The Hall–Kier alpha value is -4.11. The van der Waals surface area contributed by atoms with E-state index in [2.05, 4.69) is 15.6 Å². The number of oxazole rings is 1. The number of anilines is 1. The fourth-order valence-electron chi connectivity index (χ4n) is 3.09. The summed E-state index contributed by atoms with van der Waals surface area (Å²) in [5, 5.41) is 15.9. The molecule has 0 unspecified atom stereocenters. The van der Waals surface area contributed by atoms with Crippen LogP contribution in [0.4, 0.5) is 5.69 Å². The number of hydrogen-bond donors (Lipinski definition) is 3. The van der Waals surface area contributed by atoms with E-state index < -0.39 is 5.91 Å². The van der Waals surface area contributed by atoms with Crippen LogP contribution in [0.5, 0.6) is 17.2 Å². The molecule has 0 aliphatic carbocycles. The van der Waals surface area contributed by atoms with Crippen molar-refractivity contribution in [2.24, 2.45) is 0 Å². The topological polar surface area (TPSA) is 106 Å². The molecule has 0 fully saturated rings. The average molecular weight is 449 g/mol. The monoisotopic (exact) mass is 449 g/mol. The highest BCUT2D eigenvalue weighted by Gasteiger charge is 2.15. The largest absolute Gasteiger partial charge is 0.507 e. The number of carbonyl (C=O) groups excluding carboxylic acids is 1. The van der Waals surface area contributed by atoms with Crippen molar-refractivity contribution in [1.82, 2.24) is 10.3 Å². The lowest BCUT2D eigenvalue weighted by molar-refractivity contribution is 0.0977.